The third-order valence-corrected chi connectivity index (χ3v) is 4.10. The highest BCUT2D eigenvalue weighted by molar-refractivity contribution is 9.10. The third-order valence-electron chi connectivity index (χ3n) is 3.61. The summed E-state index contributed by atoms with van der Waals surface area (Å²) < 4.78 is 1.11. The van der Waals surface area contributed by atoms with Crippen molar-refractivity contribution in [2.24, 2.45) is 0 Å². The van der Waals surface area contributed by atoms with E-state index in [1.54, 1.807) is 0 Å². The Hall–Kier alpha value is -1.28. The van der Waals surface area contributed by atoms with Gasteiger partial charge in [0.15, 0.2) is 0 Å². The summed E-state index contributed by atoms with van der Waals surface area (Å²) in [6, 6.07) is 19.5. The predicted molar refractivity (Wildman–Crippen MR) is 91.3 cm³/mol. The number of halogens is 1. The average molecular weight is 332 g/mol. The molecule has 1 atom stereocenters. The molecule has 0 fully saturated rings. The molecule has 0 saturated carbocycles. The first-order valence-electron chi connectivity index (χ1n) is 7.05. The molecule has 2 aromatic carbocycles. The lowest BCUT2D eigenvalue weighted by molar-refractivity contribution is 0.450. The van der Waals surface area contributed by atoms with Gasteiger partial charge in [0.2, 0.25) is 0 Å². The van der Waals surface area contributed by atoms with Gasteiger partial charge in [-0.15, -0.1) is 0 Å². The molecule has 1 unspecified atom stereocenters. The molecule has 0 aliphatic rings. The molecule has 0 saturated heterocycles. The Bertz CT molecular complexity index is 548. The van der Waals surface area contributed by atoms with Gasteiger partial charge in [-0.3, -0.25) is 0 Å². The van der Waals surface area contributed by atoms with Crippen molar-refractivity contribution in [2.75, 3.05) is 5.32 Å². The summed E-state index contributed by atoms with van der Waals surface area (Å²) in [5, 5.41) is 3.58. The monoisotopic (exact) mass is 331 g/mol. The maximum absolute atomic E-state index is 3.58. The number of benzene rings is 2. The molecule has 2 aromatic rings. The first-order valence-corrected chi connectivity index (χ1v) is 7.84. The molecule has 0 bridgehead atoms. The Kier molecular flexibility index (Phi) is 4.87. The highest BCUT2D eigenvalue weighted by atomic mass is 79.9. The summed E-state index contributed by atoms with van der Waals surface area (Å²) in [6.45, 7) is 6.86. The van der Waals surface area contributed by atoms with Crippen LogP contribution in [0.2, 0.25) is 0 Å². The standard InChI is InChI=1S/C18H22BrN/c1-14(20-17-11-7-10-16(19)12-17)13-18(2,3)15-8-5-4-6-9-15/h4-12,14,20H,13H2,1-3H3. The zero-order valence-electron chi connectivity index (χ0n) is 12.4. The van der Waals surface area contributed by atoms with Crippen LogP contribution in [0.1, 0.15) is 32.8 Å². The molecule has 20 heavy (non-hydrogen) atoms. The van der Waals surface area contributed by atoms with E-state index in [1.807, 2.05) is 6.07 Å². The maximum Gasteiger partial charge on any atom is 0.0353 e. The summed E-state index contributed by atoms with van der Waals surface area (Å²) in [4.78, 5) is 0. The largest absolute Gasteiger partial charge is 0.383 e. The van der Waals surface area contributed by atoms with Gasteiger partial charge in [0.25, 0.3) is 0 Å². The molecule has 0 heterocycles. The van der Waals surface area contributed by atoms with Crippen LogP contribution in [0, 0.1) is 0 Å². The number of anilines is 1. The molecule has 0 amide bonds. The van der Waals surface area contributed by atoms with E-state index in [1.165, 1.54) is 5.56 Å². The highest BCUT2D eigenvalue weighted by Gasteiger charge is 2.23. The van der Waals surface area contributed by atoms with Crippen molar-refractivity contribution in [1.82, 2.24) is 0 Å². The molecule has 0 aliphatic carbocycles. The summed E-state index contributed by atoms with van der Waals surface area (Å²) in [5.74, 6) is 0. The molecule has 0 radical (unpaired) electrons. The van der Waals surface area contributed by atoms with Gasteiger partial charge in [0, 0.05) is 16.2 Å². The van der Waals surface area contributed by atoms with Gasteiger partial charge in [0.05, 0.1) is 0 Å². The van der Waals surface area contributed by atoms with Crippen molar-refractivity contribution in [2.45, 2.75) is 38.6 Å². The molecule has 1 N–H and O–H groups in total. The van der Waals surface area contributed by atoms with Crippen LogP contribution in [0.5, 0.6) is 0 Å². The lowest BCUT2D eigenvalue weighted by Crippen LogP contribution is -2.27. The normalized spacial score (nSPS) is 13.0. The van der Waals surface area contributed by atoms with E-state index in [0.717, 1.165) is 16.6 Å². The number of nitrogens with one attached hydrogen (secondary N) is 1. The lowest BCUT2D eigenvalue weighted by atomic mass is 9.79. The topological polar surface area (TPSA) is 12.0 Å². The maximum atomic E-state index is 3.58. The van der Waals surface area contributed by atoms with Crippen LogP contribution in [0.25, 0.3) is 0 Å². The minimum absolute atomic E-state index is 0.166. The van der Waals surface area contributed by atoms with Gasteiger partial charge in [0.1, 0.15) is 0 Å². The first kappa shape index (κ1) is 15.1. The van der Waals surface area contributed by atoms with Crippen LogP contribution in [0.4, 0.5) is 5.69 Å². The van der Waals surface area contributed by atoms with Gasteiger partial charge >= 0.3 is 0 Å². The Balaban J connectivity index is 2.02. The van der Waals surface area contributed by atoms with Crippen molar-refractivity contribution in [3.63, 3.8) is 0 Å². The fourth-order valence-corrected chi connectivity index (χ4v) is 3.09. The summed E-state index contributed by atoms with van der Waals surface area (Å²) in [5.41, 5.74) is 2.72. The first-order chi connectivity index (χ1) is 9.47. The highest BCUT2D eigenvalue weighted by Crippen LogP contribution is 2.29. The number of hydrogen-bond donors (Lipinski definition) is 1. The van der Waals surface area contributed by atoms with Gasteiger partial charge in [-0.1, -0.05) is 66.2 Å². The Labute approximate surface area is 130 Å². The van der Waals surface area contributed by atoms with Gasteiger partial charge in [-0.2, -0.15) is 0 Å². The van der Waals surface area contributed by atoms with Crippen molar-refractivity contribution < 1.29 is 0 Å². The number of rotatable bonds is 5. The Morgan fingerprint density at radius 1 is 1.05 bits per heavy atom. The minimum Gasteiger partial charge on any atom is -0.383 e. The van der Waals surface area contributed by atoms with E-state index in [0.29, 0.717) is 6.04 Å². The van der Waals surface area contributed by atoms with Crippen LogP contribution in [-0.4, -0.2) is 6.04 Å². The molecule has 2 heteroatoms. The van der Waals surface area contributed by atoms with Gasteiger partial charge in [-0.05, 0) is 42.5 Å². The van der Waals surface area contributed by atoms with Crippen molar-refractivity contribution >= 4 is 21.6 Å². The van der Waals surface area contributed by atoms with Gasteiger partial charge in [-0.25, -0.2) is 0 Å². The van der Waals surface area contributed by atoms with Crippen LogP contribution in [0.15, 0.2) is 59.1 Å². The summed E-state index contributed by atoms with van der Waals surface area (Å²) in [6.07, 6.45) is 1.09. The van der Waals surface area contributed by atoms with E-state index >= 15 is 0 Å². The quantitative estimate of drug-likeness (QED) is 0.749. The fraction of sp³-hybridized carbons (Fsp3) is 0.333. The van der Waals surface area contributed by atoms with Crippen molar-refractivity contribution in [3.05, 3.63) is 64.6 Å². The summed E-state index contributed by atoms with van der Waals surface area (Å²) in [7, 11) is 0. The van der Waals surface area contributed by atoms with Crippen LogP contribution >= 0.6 is 15.9 Å². The molecule has 1 nitrogen and oxygen atoms in total. The van der Waals surface area contributed by atoms with E-state index < -0.39 is 0 Å². The van der Waals surface area contributed by atoms with E-state index in [2.05, 4.69) is 90.5 Å². The van der Waals surface area contributed by atoms with Crippen LogP contribution in [-0.2, 0) is 5.41 Å². The second-order valence-corrected chi connectivity index (χ2v) is 6.93. The molecular weight excluding hydrogens is 310 g/mol. The molecule has 106 valence electrons. The smallest absolute Gasteiger partial charge is 0.0353 e. The predicted octanol–water partition coefficient (Wildman–Crippen LogP) is 5.62. The second kappa shape index (κ2) is 6.45. The molecule has 0 aromatic heterocycles. The van der Waals surface area contributed by atoms with Gasteiger partial charge < -0.3 is 5.32 Å². The fourth-order valence-electron chi connectivity index (χ4n) is 2.69. The van der Waals surface area contributed by atoms with Crippen LogP contribution < -0.4 is 5.32 Å². The Morgan fingerprint density at radius 2 is 1.75 bits per heavy atom. The van der Waals surface area contributed by atoms with E-state index in [4.69, 9.17) is 0 Å². The van der Waals surface area contributed by atoms with Crippen molar-refractivity contribution in [3.8, 4) is 0 Å². The zero-order chi connectivity index (χ0) is 14.6. The van der Waals surface area contributed by atoms with E-state index in [-0.39, 0.29) is 5.41 Å². The number of hydrogen-bond acceptors (Lipinski definition) is 1. The summed E-state index contributed by atoms with van der Waals surface area (Å²) >= 11 is 3.51. The molecule has 0 aliphatic heterocycles. The second-order valence-electron chi connectivity index (χ2n) is 6.01. The SMILES string of the molecule is CC(CC(C)(C)c1ccccc1)Nc1cccc(Br)c1. The Morgan fingerprint density at radius 3 is 2.40 bits per heavy atom. The lowest BCUT2D eigenvalue weighted by Gasteiger charge is -2.29. The zero-order valence-corrected chi connectivity index (χ0v) is 13.9. The molecular formula is C18H22BrN. The minimum atomic E-state index is 0.166. The third kappa shape index (κ3) is 4.11. The molecule has 0 spiro atoms. The van der Waals surface area contributed by atoms with E-state index in [9.17, 15) is 0 Å². The van der Waals surface area contributed by atoms with Crippen LogP contribution in [0.3, 0.4) is 0 Å². The van der Waals surface area contributed by atoms with Crippen molar-refractivity contribution in [1.29, 1.82) is 0 Å². The average Bonchev–Trinajstić information content (AvgIpc) is 2.39. The molecule has 2 rings (SSSR count).